The number of nitrogens with zero attached hydrogens (tertiary/aromatic N) is 3. The molecule has 3 aromatic heterocycles. The largest absolute Gasteiger partial charge is 0.460 e. The Morgan fingerprint density at radius 1 is 1.23 bits per heavy atom. The fourth-order valence-corrected chi connectivity index (χ4v) is 3.61. The first-order valence-electron chi connectivity index (χ1n) is 8.38. The van der Waals surface area contributed by atoms with Crippen molar-refractivity contribution >= 4 is 40.0 Å². The monoisotopic (exact) mass is 366 g/mol. The normalized spacial score (nSPS) is 11.3. The Balaban J connectivity index is 1.48. The van der Waals surface area contributed by atoms with Gasteiger partial charge in [0.1, 0.15) is 17.1 Å². The van der Waals surface area contributed by atoms with E-state index in [2.05, 4.69) is 22.4 Å². The lowest BCUT2D eigenvalue weighted by Gasteiger charge is -2.06. The average Bonchev–Trinajstić information content (AvgIpc) is 3.17. The number of fused-ring (bicyclic) bond motifs is 3. The van der Waals surface area contributed by atoms with Gasteiger partial charge in [-0.3, -0.25) is 9.20 Å². The van der Waals surface area contributed by atoms with E-state index in [1.807, 2.05) is 47.7 Å². The van der Waals surface area contributed by atoms with Crippen molar-refractivity contribution in [3.05, 3.63) is 54.0 Å². The van der Waals surface area contributed by atoms with Gasteiger partial charge in [0, 0.05) is 17.8 Å². The first kappa shape index (κ1) is 16.7. The molecule has 3 heterocycles. The van der Waals surface area contributed by atoms with Crippen molar-refractivity contribution in [3.8, 4) is 0 Å². The fraction of sp³-hybridized carbons (Fsp3) is 0.211. The standard InChI is InChI=1S/C19H18N4O2S/c1-3-13-4-6-14(7-5-13)21-18(24)10-26-19-16-9-17-15(8-12(2)25-17)23(16)11-20-22-19/h4-9,11H,3,10H2,1-2H3,(H,21,24). The molecule has 0 atom stereocenters. The second-order valence-electron chi connectivity index (χ2n) is 6.03. The molecule has 4 rings (SSSR count). The molecule has 0 fully saturated rings. The fourth-order valence-electron chi connectivity index (χ4n) is 2.86. The van der Waals surface area contributed by atoms with E-state index >= 15 is 0 Å². The molecule has 0 spiro atoms. The number of anilines is 1. The lowest BCUT2D eigenvalue weighted by molar-refractivity contribution is -0.113. The van der Waals surface area contributed by atoms with Gasteiger partial charge in [-0.2, -0.15) is 0 Å². The summed E-state index contributed by atoms with van der Waals surface area (Å²) in [5, 5.41) is 11.8. The first-order chi connectivity index (χ1) is 12.6. The Kier molecular flexibility index (Phi) is 4.38. The number of benzene rings is 1. The second kappa shape index (κ2) is 6.84. The highest BCUT2D eigenvalue weighted by atomic mass is 32.2. The molecule has 0 aliphatic rings. The molecular weight excluding hydrogens is 348 g/mol. The number of nitrogens with one attached hydrogen (secondary N) is 1. The molecule has 1 amide bonds. The molecule has 7 heteroatoms. The number of furan rings is 1. The lowest BCUT2D eigenvalue weighted by Crippen LogP contribution is -2.14. The Hall–Kier alpha value is -2.80. The maximum absolute atomic E-state index is 12.2. The number of hydrogen-bond donors (Lipinski definition) is 1. The molecule has 0 unspecified atom stereocenters. The number of rotatable bonds is 5. The van der Waals surface area contributed by atoms with Gasteiger partial charge >= 0.3 is 0 Å². The molecule has 26 heavy (non-hydrogen) atoms. The summed E-state index contributed by atoms with van der Waals surface area (Å²) in [7, 11) is 0. The molecule has 132 valence electrons. The van der Waals surface area contributed by atoms with E-state index < -0.39 is 0 Å². The summed E-state index contributed by atoms with van der Waals surface area (Å²) in [6, 6.07) is 11.8. The van der Waals surface area contributed by atoms with Crippen LogP contribution >= 0.6 is 11.8 Å². The molecule has 0 saturated heterocycles. The molecule has 1 N–H and O–H groups in total. The minimum atomic E-state index is -0.0749. The van der Waals surface area contributed by atoms with Crippen LogP contribution in [0.15, 0.2) is 52.2 Å². The number of carbonyl (C=O) groups is 1. The van der Waals surface area contributed by atoms with E-state index in [0.717, 1.165) is 34.5 Å². The van der Waals surface area contributed by atoms with Gasteiger partial charge < -0.3 is 9.73 Å². The van der Waals surface area contributed by atoms with Gasteiger partial charge in [0.05, 0.1) is 16.8 Å². The average molecular weight is 366 g/mol. The number of thioether (sulfide) groups is 1. The van der Waals surface area contributed by atoms with Gasteiger partial charge in [0.15, 0.2) is 5.58 Å². The summed E-state index contributed by atoms with van der Waals surface area (Å²) in [5.41, 5.74) is 4.67. The highest BCUT2D eigenvalue weighted by molar-refractivity contribution is 8.00. The van der Waals surface area contributed by atoms with E-state index in [-0.39, 0.29) is 11.7 Å². The van der Waals surface area contributed by atoms with Gasteiger partial charge in [-0.25, -0.2) is 0 Å². The molecule has 0 bridgehead atoms. The zero-order valence-corrected chi connectivity index (χ0v) is 15.3. The molecule has 1 aromatic carbocycles. The third-order valence-electron chi connectivity index (χ3n) is 4.17. The van der Waals surface area contributed by atoms with Crippen molar-refractivity contribution in [3.63, 3.8) is 0 Å². The van der Waals surface area contributed by atoms with Crippen LogP contribution < -0.4 is 5.32 Å². The van der Waals surface area contributed by atoms with Crippen LogP contribution in [0.3, 0.4) is 0 Å². The van der Waals surface area contributed by atoms with E-state index in [0.29, 0.717) is 5.03 Å². The van der Waals surface area contributed by atoms with Gasteiger partial charge in [0.25, 0.3) is 0 Å². The molecular formula is C19H18N4O2S. The van der Waals surface area contributed by atoms with E-state index in [1.54, 1.807) is 6.33 Å². The van der Waals surface area contributed by atoms with Crippen LogP contribution in [0.2, 0.25) is 0 Å². The van der Waals surface area contributed by atoms with Gasteiger partial charge in [0.2, 0.25) is 5.91 Å². The predicted molar refractivity (Wildman–Crippen MR) is 103 cm³/mol. The van der Waals surface area contributed by atoms with Crippen molar-refractivity contribution in [2.45, 2.75) is 25.3 Å². The van der Waals surface area contributed by atoms with Crippen LogP contribution in [0, 0.1) is 6.92 Å². The smallest absolute Gasteiger partial charge is 0.234 e. The molecule has 0 radical (unpaired) electrons. The highest BCUT2D eigenvalue weighted by Crippen LogP contribution is 2.28. The van der Waals surface area contributed by atoms with Crippen molar-refractivity contribution < 1.29 is 9.21 Å². The maximum atomic E-state index is 12.2. The van der Waals surface area contributed by atoms with Crippen LogP contribution in [-0.2, 0) is 11.2 Å². The van der Waals surface area contributed by atoms with Crippen LogP contribution in [-0.4, -0.2) is 26.3 Å². The number of aryl methyl sites for hydroxylation is 2. The summed E-state index contributed by atoms with van der Waals surface area (Å²) in [6.07, 6.45) is 2.64. The van der Waals surface area contributed by atoms with Crippen LogP contribution in [0.4, 0.5) is 5.69 Å². The maximum Gasteiger partial charge on any atom is 0.234 e. The van der Waals surface area contributed by atoms with Gasteiger partial charge in [-0.1, -0.05) is 30.8 Å². The third kappa shape index (κ3) is 3.17. The number of amides is 1. The SMILES string of the molecule is CCc1ccc(NC(=O)CSc2nncn3c2cc2oc(C)cc23)cc1. The highest BCUT2D eigenvalue weighted by Gasteiger charge is 2.13. The van der Waals surface area contributed by atoms with Crippen molar-refractivity contribution in [2.75, 3.05) is 11.1 Å². The summed E-state index contributed by atoms with van der Waals surface area (Å²) >= 11 is 1.36. The van der Waals surface area contributed by atoms with E-state index in [4.69, 9.17) is 4.42 Å². The summed E-state index contributed by atoms with van der Waals surface area (Å²) < 4.78 is 7.60. The van der Waals surface area contributed by atoms with E-state index in [1.165, 1.54) is 17.3 Å². The van der Waals surface area contributed by atoms with Crippen LogP contribution in [0.25, 0.3) is 16.6 Å². The molecule has 4 aromatic rings. The summed E-state index contributed by atoms with van der Waals surface area (Å²) in [5.74, 6) is 1.04. The lowest BCUT2D eigenvalue weighted by atomic mass is 10.1. The molecule has 0 aliphatic heterocycles. The first-order valence-corrected chi connectivity index (χ1v) is 9.37. The number of carbonyl (C=O) groups excluding carboxylic acids is 1. The number of hydrogen-bond acceptors (Lipinski definition) is 5. The molecule has 6 nitrogen and oxygen atoms in total. The zero-order chi connectivity index (χ0) is 18.1. The Morgan fingerprint density at radius 3 is 2.81 bits per heavy atom. The molecule has 0 saturated carbocycles. The number of aromatic nitrogens is 3. The van der Waals surface area contributed by atoms with Gasteiger partial charge in [-0.05, 0) is 31.0 Å². The summed E-state index contributed by atoms with van der Waals surface area (Å²) in [6.45, 7) is 4.01. The quantitative estimate of drug-likeness (QED) is 0.539. The Labute approximate surface area is 154 Å². The zero-order valence-electron chi connectivity index (χ0n) is 14.5. The predicted octanol–water partition coefficient (Wildman–Crippen LogP) is 4.08. The van der Waals surface area contributed by atoms with Crippen LogP contribution in [0.5, 0.6) is 0 Å². The minimum absolute atomic E-state index is 0.0749. The van der Waals surface area contributed by atoms with Crippen molar-refractivity contribution in [1.82, 2.24) is 14.6 Å². The van der Waals surface area contributed by atoms with Crippen LogP contribution in [0.1, 0.15) is 18.2 Å². The third-order valence-corrected chi connectivity index (χ3v) is 5.14. The Morgan fingerprint density at radius 2 is 2.04 bits per heavy atom. The topological polar surface area (TPSA) is 72.4 Å². The van der Waals surface area contributed by atoms with Crippen molar-refractivity contribution in [1.29, 1.82) is 0 Å². The van der Waals surface area contributed by atoms with E-state index in [9.17, 15) is 4.79 Å². The molecule has 0 aliphatic carbocycles. The van der Waals surface area contributed by atoms with Crippen molar-refractivity contribution in [2.24, 2.45) is 0 Å². The summed E-state index contributed by atoms with van der Waals surface area (Å²) in [4.78, 5) is 12.2. The second-order valence-corrected chi connectivity index (χ2v) is 6.99. The van der Waals surface area contributed by atoms with Gasteiger partial charge in [-0.15, -0.1) is 10.2 Å². The minimum Gasteiger partial charge on any atom is -0.460 e. The Bertz CT molecular complexity index is 1080.